The molecule has 4 N–H and O–H groups in total. The molecule has 0 aliphatic carbocycles. The fourth-order valence-electron chi connectivity index (χ4n) is 4.70. The van der Waals surface area contributed by atoms with Crippen LogP contribution in [0, 0.1) is 0 Å². The van der Waals surface area contributed by atoms with E-state index in [0.29, 0.717) is 57.1 Å². The smallest absolute Gasteiger partial charge is 0.415 e. The molecule has 0 radical (unpaired) electrons. The molecule has 3 heterocycles. The quantitative estimate of drug-likeness (QED) is 0.174. The van der Waals surface area contributed by atoms with Gasteiger partial charge in [0.25, 0.3) is 0 Å². The van der Waals surface area contributed by atoms with E-state index in [1.165, 1.54) is 4.90 Å². The number of hydrogen-bond acceptors (Lipinski definition) is 9. The molecule has 0 bridgehead atoms. The van der Waals surface area contributed by atoms with Crippen LogP contribution in [0.1, 0.15) is 24.8 Å². The van der Waals surface area contributed by atoms with Gasteiger partial charge in [-0.3, -0.25) is 4.90 Å². The number of carbonyl (C=O) groups excluding carboxylic acids is 2. The highest BCUT2D eigenvalue weighted by atomic mass is 16.6. The zero-order chi connectivity index (χ0) is 29.3. The number of benzene rings is 2. The molecule has 2 aliphatic rings. The predicted molar refractivity (Wildman–Crippen MR) is 155 cm³/mol. The lowest BCUT2D eigenvalue weighted by molar-refractivity contribution is -0.133. The van der Waals surface area contributed by atoms with Crippen LogP contribution in [0.5, 0.6) is 11.6 Å². The second-order valence-electron chi connectivity index (χ2n) is 9.95. The molecule has 1 saturated heterocycles. The fourth-order valence-corrected chi connectivity index (χ4v) is 4.70. The van der Waals surface area contributed by atoms with E-state index in [0.717, 1.165) is 28.9 Å². The van der Waals surface area contributed by atoms with Crippen LogP contribution in [0.25, 0.3) is 11.1 Å². The topological polar surface area (TPSA) is 151 Å². The van der Waals surface area contributed by atoms with Gasteiger partial charge in [0.1, 0.15) is 24.2 Å². The van der Waals surface area contributed by atoms with Crippen molar-refractivity contribution in [3.05, 3.63) is 66.2 Å². The zero-order valence-electron chi connectivity index (χ0n) is 23.0. The standard InChI is InChI=1S/C30H33N5O7/c36-27-18-33-25-9-10-26(34-28(25)42-27)35-19-24(41-30(35)39)11-13-31-17-20-5-3-6-21(15-20)22-7-4-8-23(16-22)40-14-2-1-12-32-29(37)38/h3-10,15-16,24,31-33H,1-2,11-14,17-19H2,(H,37,38)/t24-/m1/s1. The van der Waals surface area contributed by atoms with E-state index >= 15 is 0 Å². The number of pyridine rings is 1. The lowest BCUT2D eigenvalue weighted by Crippen LogP contribution is -2.29. The molecule has 12 nitrogen and oxygen atoms in total. The summed E-state index contributed by atoms with van der Waals surface area (Å²) < 4.78 is 16.6. The van der Waals surface area contributed by atoms with Crippen LogP contribution in [0.3, 0.4) is 0 Å². The van der Waals surface area contributed by atoms with Gasteiger partial charge in [-0.1, -0.05) is 30.3 Å². The van der Waals surface area contributed by atoms with Crippen molar-refractivity contribution in [3.63, 3.8) is 0 Å². The summed E-state index contributed by atoms with van der Waals surface area (Å²) in [5, 5.41) is 17.3. The van der Waals surface area contributed by atoms with E-state index in [1.807, 2.05) is 30.3 Å². The molecule has 1 fully saturated rings. The van der Waals surface area contributed by atoms with E-state index in [2.05, 4.69) is 39.1 Å². The summed E-state index contributed by atoms with van der Waals surface area (Å²) in [6, 6.07) is 19.6. The van der Waals surface area contributed by atoms with Gasteiger partial charge in [0, 0.05) is 13.1 Å². The first-order chi connectivity index (χ1) is 20.4. The number of unbranched alkanes of at least 4 members (excludes halogenated alkanes) is 1. The minimum absolute atomic E-state index is 0.0829. The zero-order valence-corrected chi connectivity index (χ0v) is 23.0. The van der Waals surface area contributed by atoms with Crippen molar-refractivity contribution < 1.29 is 33.7 Å². The van der Waals surface area contributed by atoms with Gasteiger partial charge in [-0.2, -0.15) is 4.98 Å². The Labute approximate surface area is 243 Å². The third-order valence-electron chi connectivity index (χ3n) is 6.81. The fraction of sp³-hybridized carbons (Fsp3) is 0.333. The third kappa shape index (κ3) is 7.67. The molecule has 1 atom stereocenters. The Hall–Kier alpha value is -4.84. The summed E-state index contributed by atoms with van der Waals surface area (Å²) >= 11 is 0. The van der Waals surface area contributed by atoms with Gasteiger partial charge in [-0.25, -0.2) is 14.4 Å². The van der Waals surface area contributed by atoms with Crippen LogP contribution < -0.4 is 30.3 Å². The van der Waals surface area contributed by atoms with Crippen molar-refractivity contribution in [2.24, 2.45) is 0 Å². The summed E-state index contributed by atoms with van der Waals surface area (Å²) in [5.74, 6) is 0.881. The third-order valence-corrected chi connectivity index (χ3v) is 6.81. The Balaban J connectivity index is 1.07. The molecule has 5 rings (SSSR count). The molecule has 0 spiro atoms. The van der Waals surface area contributed by atoms with Gasteiger partial charge in [-0.05, 0) is 72.8 Å². The highest BCUT2D eigenvalue weighted by Gasteiger charge is 2.33. The number of carboxylic acid groups (broad SMARTS) is 1. The van der Waals surface area contributed by atoms with E-state index in [4.69, 9.17) is 19.3 Å². The molecule has 3 aromatic rings. The number of fused-ring (bicyclic) bond motifs is 1. The average Bonchev–Trinajstić information content (AvgIpc) is 3.37. The largest absolute Gasteiger partial charge is 0.494 e. The molecule has 0 unspecified atom stereocenters. The van der Waals surface area contributed by atoms with E-state index < -0.39 is 18.2 Å². The number of rotatable bonds is 13. The molecule has 12 heteroatoms. The first-order valence-corrected chi connectivity index (χ1v) is 13.9. The van der Waals surface area contributed by atoms with Crippen LogP contribution in [0.2, 0.25) is 0 Å². The maximum Gasteiger partial charge on any atom is 0.415 e. The summed E-state index contributed by atoms with van der Waals surface area (Å²) in [6.07, 6.45) is 0.327. The summed E-state index contributed by atoms with van der Waals surface area (Å²) in [5.41, 5.74) is 3.85. The normalized spacial score (nSPS) is 15.8. The number of aromatic nitrogens is 1. The molecule has 0 saturated carbocycles. The molecular weight excluding hydrogens is 542 g/mol. The lowest BCUT2D eigenvalue weighted by atomic mass is 10.0. The van der Waals surface area contributed by atoms with Crippen LogP contribution in [-0.2, 0) is 16.1 Å². The number of cyclic esters (lactones) is 1. The van der Waals surface area contributed by atoms with Gasteiger partial charge in [0.15, 0.2) is 0 Å². The van der Waals surface area contributed by atoms with Gasteiger partial charge in [0.2, 0.25) is 5.88 Å². The van der Waals surface area contributed by atoms with Crippen molar-refractivity contribution >= 4 is 29.7 Å². The number of esters is 1. The Morgan fingerprint density at radius 2 is 1.90 bits per heavy atom. The molecule has 2 amide bonds. The van der Waals surface area contributed by atoms with Gasteiger partial charge in [0.05, 0.1) is 18.8 Å². The molecule has 1 aromatic heterocycles. The maximum atomic E-state index is 12.5. The lowest BCUT2D eigenvalue weighted by Gasteiger charge is -2.19. The van der Waals surface area contributed by atoms with Gasteiger partial charge in [-0.15, -0.1) is 0 Å². The Morgan fingerprint density at radius 1 is 1.07 bits per heavy atom. The highest BCUT2D eigenvalue weighted by molar-refractivity contribution is 5.89. The summed E-state index contributed by atoms with van der Waals surface area (Å²) in [6.45, 7) is 2.68. The highest BCUT2D eigenvalue weighted by Crippen LogP contribution is 2.30. The molecule has 2 aliphatic heterocycles. The monoisotopic (exact) mass is 575 g/mol. The van der Waals surface area contributed by atoms with Crippen molar-refractivity contribution in [2.75, 3.05) is 43.0 Å². The van der Waals surface area contributed by atoms with Crippen molar-refractivity contribution in [1.29, 1.82) is 0 Å². The first-order valence-electron chi connectivity index (χ1n) is 13.9. The van der Waals surface area contributed by atoms with Crippen LogP contribution in [-0.4, -0.2) is 67.1 Å². The van der Waals surface area contributed by atoms with Gasteiger partial charge < -0.3 is 35.3 Å². The van der Waals surface area contributed by atoms with Crippen molar-refractivity contribution in [2.45, 2.75) is 31.9 Å². The Morgan fingerprint density at radius 3 is 2.76 bits per heavy atom. The van der Waals surface area contributed by atoms with Crippen molar-refractivity contribution in [3.8, 4) is 22.8 Å². The summed E-state index contributed by atoms with van der Waals surface area (Å²) in [4.78, 5) is 40.3. The van der Waals surface area contributed by atoms with E-state index in [-0.39, 0.29) is 18.5 Å². The predicted octanol–water partition coefficient (Wildman–Crippen LogP) is 4.01. The SMILES string of the molecule is O=C(O)NCCCCOc1cccc(-c2cccc(CNCC[C@@H]3CN(c4ccc5c(n4)OC(=O)CN5)C(=O)O3)c2)c1. The number of amides is 2. The number of hydrogen-bond donors (Lipinski definition) is 4. The minimum atomic E-state index is -1.01. The number of nitrogens with one attached hydrogen (secondary N) is 3. The van der Waals surface area contributed by atoms with E-state index in [9.17, 15) is 14.4 Å². The van der Waals surface area contributed by atoms with Crippen LogP contribution >= 0.6 is 0 Å². The molecule has 2 aromatic carbocycles. The maximum absolute atomic E-state index is 12.5. The molecule has 220 valence electrons. The Bertz CT molecular complexity index is 1430. The minimum Gasteiger partial charge on any atom is -0.494 e. The number of nitrogens with zero attached hydrogens (tertiary/aromatic N) is 2. The molecule has 42 heavy (non-hydrogen) atoms. The van der Waals surface area contributed by atoms with Crippen LogP contribution in [0.4, 0.5) is 21.1 Å². The number of anilines is 2. The number of carbonyl (C=O) groups is 3. The second kappa shape index (κ2) is 13.7. The molecular formula is C30H33N5O7. The average molecular weight is 576 g/mol. The second-order valence-corrected chi connectivity index (χ2v) is 9.95. The van der Waals surface area contributed by atoms with Crippen LogP contribution in [0.15, 0.2) is 60.7 Å². The summed E-state index contributed by atoms with van der Waals surface area (Å²) in [7, 11) is 0. The van der Waals surface area contributed by atoms with Gasteiger partial charge >= 0.3 is 18.2 Å². The first kappa shape index (κ1) is 28.7. The van der Waals surface area contributed by atoms with Crippen molar-refractivity contribution in [1.82, 2.24) is 15.6 Å². The van der Waals surface area contributed by atoms with E-state index in [1.54, 1.807) is 12.1 Å². The number of ether oxygens (including phenoxy) is 3. The Kier molecular flexibility index (Phi) is 9.34.